The number of likely N-dealkylation sites (N-methyl/N-ethyl adjacent to an activating group) is 1. The highest BCUT2D eigenvalue weighted by molar-refractivity contribution is 6.06. The van der Waals surface area contributed by atoms with Gasteiger partial charge in [0.05, 0.1) is 24.9 Å². The van der Waals surface area contributed by atoms with Crippen LogP contribution < -0.4 is 21.1 Å². The van der Waals surface area contributed by atoms with Crippen molar-refractivity contribution in [2.45, 2.75) is 64.8 Å². The Morgan fingerprint density at radius 2 is 1.88 bits per heavy atom. The van der Waals surface area contributed by atoms with E-state index in [-0.39, 0.29) is 35.1 Å². The second kappa shape index (κ2) is 15.0. The number of benzene rings is 1. The van der Waals surface area contributed by atoms with Crippen molar-refractivity contribution in [3.05, 3.63) is 93.8 Å². The molecule has 298 valence electrons. The summed E-state index contributed by atoms with van der Waals surface area (Å²) in [7, 11) is 3.39. The average molecular weight is 776 g/mol. The highest BCUT2D eigenvalue weighted by Crippen LogP contribution is 2.40. The molecule has 1 aliphatic carbocycles. The van der Waals surface area contributed by atoms with Crippen LogP contribution in [-0.2, 0) is 47.4 Å². The SMILES string of the molecule is C=CC(=O)Nc1cc(Nc2nc(-c3ccnc(N4CCn5c(cc6c5CC(C)(C)C6)C4=O)c3CO)cn(C)c2=O)ccc1C1CN(C2CCOCC2)CC(=O)N1C. The number of nitrogens with one attached hydrogen (secondary N) is 2. The minimum atomic E-state index is -0.422. The van der Waals surface area contributed by atoms with Crippen LogP contribution >= 0.6 is 0 Å². The molecular weight excluding hydrogens is 727 g/mol. The highest BCUT2D eigenvalue weighted by Gasteiger charge is 2.38. The number of fused-ring (bicyclic) bond motifs is 3. The summed E-state index contributed by atoms with van der Waals surface area (Å²) in [5.74, 6) is -0.261. The van der Waals surface area contributed by atoms with Gasteiger partial charge in [0.1, 0.15) is 11.5 Å². The smallest absolute Gasteiger partial charge is 0.293 e. The molecule has 2 fully saturated rings. The predicted molar refractivity (Wildman–Crippen MR) is 215 cm³/mol. The molecule has 1 unspecified atom stereocenters. The summed E-state index contributed by atoms with van der Waals surface area (Å²) in [6.07, 6.45) is 7.88. The van der Waals surface area contributed by atoms with E-state index in [2.05, 4.69) is 45.5 Å². The Morgan fingerprint density at radius 1 is 1.09 bits per heavy atom. The van der Waals surface area contributed by atoms with Crippen molar-refractivity contribution in [3.8, 4) is 11.3 Å². The quantitative estimate of drug-likeness (QED) is 0.213. The first kappa shape index (κ1) is 38.2. The summed E-state index contributed by atoms with van der Waals surface area (Å²) in [5, 5.41) is 16.8. The molecule has 0 saturated carbocycles. The first-order chi connectivity index (χ1) is 27.3. The van der Waals surface area contributed by atoms with Crippen LogP contribution in [0.15, 0.2) is 60.2 Å². The van der Waals surface area contributed by atoms with E-state index in [0.29, 0.717) is 79.1 Å². The number of aromatic nitrogens is 4. The molecule has 1 atom stereocenters. The van der Waals surface area contributed by atoms with Crippen LogP contribution in [0.4, 0.5) is 23.0 Å². The first-order valence-corrected chi connectivity index (χ1v) is 19.5. The largest absolute Gasteiger partial charge is 0.392 e. The van der Waals surface area contributed by atoms with E-state index < -0.39 is 18.1 Å². The molecule has 3 aliphatic heterocycles. The fourth-order valence-electron chi connectivity index (χ4n) is 8.90. The zero-order valence-corrected chi connectivity index (χ0v) is 32.9. The third-order valence-corrected chi connectivity index (χ3v) is 11.9. The van der Waals surface area contributed by atoms with Gasteiger partial charge in [0.25, 0.3) is 11.5 Å². The van der Waals surface area contributed by atoms with Gasteiger partial charge in [0, 0.05) is 93.6 Å². The summed E-state index contributed by atoms with van der Waals surface area (Å²) < 4.78 is 9.09. The number of nitrogens with zero attached hydrogens (tertiary/aromatic N) is 7. The molecule has 4 aliphatic rings. The lowest BCUT2D eigenvalue weighted by Gasteiger charge is -2.44. The third-order valence-electron chi connectivity index (χ3n) is 11.9. The van der Waals surface area contributed by atoms with Crippen LogP contribution in [0.5, 0.6) is 0 Å². The Hall–Kier alpha value is -5.64. The predicted octanol–water partition coefficient (Wildman–Crippen LogP) is 3.78. The molecular formula is C42H49N9O6. The zero-order chi connectivity index (χ0) is 40.2. The van der Waals surface area contributed by atoms with Crippen LogP contribution in [0, 0.1) is 5.41 Å². The van der Waals surface area contributed by atoms with Crippen LogP contribution in [0.3, 0.4) is 0 Å². The summed E-state index contributed by atoms with van der Waals surface area (Å²) in [6, 6.07) is 8.94. The maximum atomic E-state index is 14.0. The summed E-state index contributed by atoms with van der Waals surface area (Å²) >= 11 is 0. The zero-order valence-electron chi connectivity index (χ0n) is 32.9. The number of carbonyl (C=O) groups is 3. The highest BCUT2D eigenvalue weighted by atomic mass is 16.5. The molecule has 3 amide bonds. The Kier molecular flexibility index (Phi) is 10.1. The number of amides is 3. The maximum absolute atomic E-state index is 14.0. The molecule has 0 radical (unpaired) electrons. The molecule has 15 nitrogen and oxygen atoms in total. The van der Waals surface area contributed by atoms with Crippen LogP contribution in [0.25, 0.3) is 11.3 Å². The fourth-order valence-corrected chi connectivity index (χ4v) is 8.90. The summed E-state index contributed by atoms with van der Waals surface area (Å²) in [4.78, 5) is 68.4. The molecule has 0 bridgehead atoms. The molecule has 15 heteroatoms. The van der Waals surface area contributed by atoms with Crippen molar-refractivity contribution in [3.63, 3.8) is 0 Å². The lowest BCUT2D eigenvalue weighted by Crippen LogP contribution is -2.54. The number of hydrogen-bond acceptors (Lipinski definition) is 10. The second-order valence-corrected chi connectivity index (χ2v) is 16.3. The normalized spacial score (nSPS) is 19.7. The number of aryl methyl sites for hydroxylation is 1. The Balaban J connectivity index is 1.10. The summed E-state index contributed by atoms with van der Waals surface area (Å²) in [5.41, 5.74) is 5.80. The Labute approximate surface area is 331 Å². The van der Waals surface area contributed by atoms with Crippen LogP contribution in [-0.4, -0.2) is 97.7 Å². The van der Waals surface area contributed by atoms with Gasteiger partial charge in [-0.15, -0.1) is 0 Å². The molecule has 4 aromatic rings. The van der Waals surface area contributed by atoms with Crippen molar-refractivity contribution in [2.75, 3.05) is 55.4 Å². The van der Waals surface area contributed by atoms with Gasteiger partial charge in [-0.2, -0.15) is 0 Å². The van der Waals surface area contributed by atoms with Gasteiger partial charge in [-0.1, -0.05) is 26.5 Å². The van der Waals surface area contributed by atoms with E-state index in [1.165, 1.54) is 21.9 Å². The number of aliphatic hydroxyl groups is 1. The van der Waals surface area contributed by atoms with Gasteiger partial charge in [-0.25, -0.2) is 9.97 Å². The van der Waals surface area contributed by atoms with Gasteiger partial charge in [0.2, 0.25) is 11.8 Å². The third kappa shape index (κ3) is 7.15. The topological polar surface area (TPSA) is 167 Å². The minimum absolute atomic E-state index is 0.00553. The second-order valence-electron chi connectivity index (χ2n) is 16.3. The Morgan fingerprint density at radius 3 is 2.63 bits per heavy atom. The van der Waals surface area contributed by atoms with Gasteiger partial charge < -0.3 is 34.5 Å². The lowest BCUT2D eigenvalue weighted by atomic mass is 9.90. The minimum Gasteiger partial charge on any atom is -0.392 e. The van der Waals surface area contributed by atoms with Crippen molar-refractivity contribution in [2.24, 2.45) is 12.5 Å². The van der Waals surface area contributed by atoms with E-state index >= 15 is 0 Å². The molecule has 8 rings (SSSR count). The van der Waals surface area contributed by atoms with Crippen molar-refractivity contribution in [1.29, 1.82) is 0 Å². The van der Waals surface area contributed by atoms with Gasteiger partial charge in [-0.3, -0.25) is 29.0 Å². The molecule has 6 heterocycles. The monoisotopic (exact) mass is 775 g/mol. The number of ether oxygens (including phenoxy) is 1. The number of anilines is 4. The van der Waals surface area contributed by atoms with E-state index in [9.17, 15) is 24.3 Å². The Bertz CT molecular complexity index is 2340. The van der Waals surface area contributed by atoms with Crippen molar-refractivity contribution in [1.82, 2.24) is 28.9 Å². The molecule has 2 saturated heterocycles. The van der Waals surface area contributed by atoms with Crippen LogP contribution in [0.1, 0.15) is 65.6 Å². The van der Waals surface area contributed by atoms with Crippen molar-refractivity contribution < 1.29 is 24.2 Å². The summed E-state index contributed by atoms with van der Waals surface area (Å²) in [6.45, 7) is 10.9. The standard InChI is InChI=1S/C42H49N9O6/c1-6-36(53)45-31-18-26(7-8-29(31)35-22-49(23-37(54)48(35)5)27-10-15-57-16-11-27)44-38-41(56)47(4)21-32(46-38)28-9-12-43-39(30(28)24-52)51-14-13-50-33(40(51)55)17-25-19-42(2,3)20-34(25)50/h6-9,12,17-18,21,27,35,52H,1,10-11,13-16,19-20,22-24H2,2-5H3,(H,44,46)(H,45,53). The molecule has 57 heavy (non-hydrogen) atoms. The number of pyridine rings is 1. The van der Waals surface area contributed by atoms with E-state index in [1.807, 2.05) is 12.1 Å². The van der Waals surface area contributed by atoms with Gasteiger partial charge >= 0.3 is 0 Å². The number of aliphatic hydroxyl groups excluding tert-OH is 1. The maximum Gasteiger partial charge on any atom is 0.293 e. The number of hydrogen-bond donors (Lipinski definition) is 3. The fraction of sp³-hybridized carbons (Fsp3) is 0.429. The molecule has 0 spiro atoms. The number of carbonyl (C=O) groups excluding carboxylic acids is 3. The number of rotatable bonds is 9. The first-order valence-electron chi connectivity index (χ1n) is 19.5. The van der Waals surface area contributed by atoms with Gasteiger partial charge in [-0.05, 0) is 72.6 Å². The van der Waals surface area contributed by atoms with Crippen LogP contribution in [0.2, 0.25) is 0 Å². The molecule has 1 aromatic carbocycles. The average Bonchev–Trinajstić information content (AvgIpc) is 3.69. The molecule has 3 aromatic heterocycles. The lowest BCUT2D eigenvalue weighted by molar-refractivity contribution is -0.140. The van der Waals surface area contributed by atoms with E-state index in [4.69, 9.17) is 9.72 Å². The van der Waals surface area contributed by atoms with E-state index in [1.54, 1.807) is 54.5 Å². The van der Waals surface area contributed by atoms with E-state index in [0.717, 1.165) is 31.2 Å². The van der Waals surface area contributed by atoms with Gasteiger partial charge in [0.15, 0.2) is 5.82 Å². The molecule has 3 N–H and O–H groups in total. The number of piperazine rings is 1. The van der Waals surface area contributed by atoms with Crippen molar-refractivity contribution >= 4 is 40.7 Å².